The highest BCUT2D eigenvalue weighted by Crippen LogP contribution is 2.10. The molecule has 0 spiro atoms. The third-order valence-electron chi connectivity index (χ3n) is 1.85. The second kappa shape index (κ2) is 16.4. The highest BCUT2D eigenvalue weighted by Gasteiger charge is 2.05. The summed E-state index contributed by atoms with van der Waals surface area (Å²) < 4.78 is 3.64. The molecule has 1 aromatic heterocycles. The van der Waals surface area contributed by atoms with Crippen LogP contribution in [-0.4, -0.2) is 15.6 Å². The van der Waals surface area contributed by atoms with E-state index in [1.165, 1.54) is 6.20 Å². The van der Waals surface area contributed by atoms with Crippen LogP contribution in [0.3, 0.4) is 0 Å². The van der Waals surface area contributed by atoms with Crippen molar-refractivity contribution < 1.29 is 7.65 Å². The molecule has 0 atom stereocenters. The Morgan fingerprint density at radius 1 is 1.14 bits per heavy atom. The second-order valence-electron chi connectivity index (χ2n) is 3.00. The molecule has 2 N–H and O–H groups in total. The van der Waals surface area contributed by atoms with E-state index < -0.39 is 0 Å². The lowest BCUT2D eigenvalue weighted by atomic mass is 10.1. The number of nitrogens with one attached hydrogen (secondary N) is 2. The maximum Gasteiger partial charge on any atom is 0.324 e. The van der Waals surface area contributed by atoms with Gasteiger partial charge < -0.3 is 5.32 Å². The Hall–Kier alpha value is -1.69. The number of urea groups is 1. The average molecular weight is 317 g/mol. The summed E-state index contributed by atoms with van der Waals surface area (Å²) >= 11 is 1.14. The van der Waals surface area contributed by atoms with Gasteiger partial charge in [-0.25, -0.2) is 4.79 Å². The molecular weight excluding hydrogens is 284 g/mol. The number of anilines is 1. The van der Waals surface area contributed by atoms with Crippen molar-refractivity contribution in [2.24, 2.45) is 0 Å². The first-order valence-corrected chi connectivity index (χ1v) is 8.34. The van der Waals surface area contributed by atoms with Crippen LogP contribution < -0.4 is 10.6 Å². The van der Waals surface area contributed by atoms with Crippen molar-refractivity contribution in [3.05, 3.63) is 30.1 Å². The van der Waals surface area contributed by atoms with Crippen molar-refractivity contribution in [1.29, 1.82) is 0 Å². The van der Waals surface area contributed by atoms with Crippen LogP contribution in [0.1, 0.15) is 57.2 Å². The summed E-state index contributed by atoms with van der Waals surface area (Å²) in [6.45, 7) is 12.0. The lowest BCUT2D eigenvalue weighted by molar-refractivity contribution is 0.254. The van der Waals surface area contributed by atoms with E-state index in [4.69, 9.17) is 0 Å². The van der Waals surface area contributed by atoms with Crippen LogP contribution >= 0.6 is 11.5 Å². The number of hydrogen-bond acceptors (Lipinski definition) is 4. The maximum atomic E-state index is 11.4. The third kappa shape index (κ3) is 10.7. The number of carbonyl (C=O) groups excluding carboxylic acids is 1. The van der Waals surface area contributed by atoms with Gasteiger partial charge in [-0.2, -0.15) is 0 Å². The molecule has 0 aliphatic heterocycles. The zero-order valence-corrected chi connectivity index (χ0v) is 14.8. The van der Waals surface area contributed by atoms with E-state index >= 15 is 0 Å². The standard InChI is InChI=1S/C9H10N4OS.3C2H6.2H2/c14-9(12-8-6-10-13-15-8)11-7-4-2-1-3-5-7;3*1-2;;/h2,4-6H,1,3H2,(H2,11,12,14);3*1-2H3;2*1H. The fourth-order valence-electron chi connectivity index (χ4n) is 1.20. The molecule has 2 rings (SSSR count). The monoisotopic (exact) mass is 316 g/mol. The molecule has 2 amide bonds. The normalized spacial score (nSPS) is 11.2. The Morgan fingerprint density at radius 2 is 1.81 bits per heavy atom. The van der Waals surface area contributed by atoms with E-state index in [0.717, 1.165) is 30.1 Å². The number of aromatic nitrogens is 2. The molecule has 0 fully saturated rings. The van der Waals surface area contributed by atoms with Crippen LogP contribution in [0.15, 0.2) is 30.1 Å². The molecule has 0 saturated carbocycles. The Morgan fingerprint density at radius 3 is 2.29 bits per heavy atom. The molecule has 21 heavy (non-hydrogen) atoms. The smallest absolute Gasteiger partial charge is 0.308 e. The predicted molar refractivity (Wildman–Crippen MR) is 96.8 cm³/mol. The van der Waals surface area contributed by atoms with Crippen LogP contribution in [-0.2, 0) is 0 Å². The Kier molecular flexibility index (Phi) is 16.8. The van der Waals surface area contributed by atoms with Crippen LogP contribution in [0.4, 0.5) is 9.80 Å². The quantitative estimate of drug-likeness (QED) is 0.760. The number of carbonyl (C=O) groups is 1. The van der Waals surface area contributed by atoms with Gasteiger partial charge in [0, 0.05) is 20.1 Å². The number of rotatable bonds is 2. The molecule has 0 aromatic carbocycles. The van der Waals surface area contributed by atoms with E-state index in [0.29, 0.717) is 5.00 Å². The minimum atomic E-state index is -0.265. The summed E-state index contributed by atoms with van der Waals surface area (Å²) in [5.74, 6) is 0. The maximum absolute atomic E-state index is 11.4. The first-order chi connectivity index (χ1) is 10.3. The van der Waals surface area contributed by atoms with Crippen molar-refractivity contribution in [2.45, 2.75) is 54.4 Å². The van der Waals surface area contributed by atoms with Gasteiger partial charge in [-0.1, -0.05) is 58.2 Å². The summed E-state index contributed by atoms with van der Waals surface area (Å²) in [7, 11) is 0. The lowest BCUT2D eigenvalue weighted by Gasteiger charge is -2.08. The van der Waals surface area contributed by atoms with E-state index in [1.807, 2.05) is 59.8 Å². The first kappa shape index (κ1) is 21.6. The molecule has 1 heterocycles. The van der Waals surface area contributed by atoms with Crippen molar-refractivity contribution in [1.82, 2.24) is 14.9 Å². The van der Waals surface area contributed by atoms with Gasteiger partial charge >= 0.3 is 6.03 Å². The largest absolute Gasteiger partial charge is 0.324 e. The van der Waals surface area contributed by atoms with E-state index in [9.17, 15) is 4.79 Å². The Bertz CT molecular complexity index is 410. The SMILES string of the molecule is CC.CC.CC.O=C(NC1=CCCC=C1)Nc1cnns1.[HH].[HH]. The molecule has 1 aromatic rings. The van der Waals surface area contributed by atoms with Gasteiger partial charge in [-0.05, 0) is 18.9 Å². The van der Waals surface area contributed by atoms with Crippen molar-refractivity contribution in [3.8, 4) is 0 Å². The molecule has 1 aliphatic carbocycles. The Labute approximate surface area is 135 Å². The lowest BCUT2D eigenvalue weighted by Crippen LogP contribution is -2.27. The van der Waals surface area contributed by atoms with E-state index in [-0.39, 0.29) is 8.88 Å². The molecule has 0 unspecified atom stereocenters. The van der Waals surface area contributed by atoms with Crippen molar-refractivity contribution in [3.63, 3.8) is 0 Å². The third-order valence-corrected chi connectivity index (χ3v) is 2.43. The molecule has 6 heteroatoms. The summed E-state index contributed by atoms with van der Waals surface area (Å²) in [6.07, 6.45) is 9.43. The second-order valence-corrected chi connectivity index (χ2v) is 3.79. The van der Waals surface area contributed by atoms with Crippen molar-refractivity contribution in [2.75, 3.05) is 5.32 Å². The highest BCUT2D eigenvalue weighted by atomic mass is 32.1. The zero-order chi connectivity index (χ0) is 16.5. The summed E-state index contributed by atoms with van der Waals surface area (Å²) in [4.78, 5) is 11.4. The van der Waals surface area contributed by atoms with Gasteiger partial charge in [0.15, 0.2) is 0 Å². The molecule has 1 aliphatic rings. The Balaban J connectivity index is -0.000000204. The van der Waals surface area contributed by atoms with Crippen LogP contribution in [0, 0.1) is 0 Å². The first-order valence-electron chi connectivity index (χ1n) is 7.56. The highest BCUT2D eigenvalue weighted by molar-refractivity contribution is 7.10. The molecule has 0 saturated heterocycles. The van der Waals surface area contributed by atoms with Gasteiger partial charge in [-0.15, -0.1) is 5.10 Å². The molecule has 0 radical (unpaired) electrons. The number of nitrogens with zero attached hydrogens (tertiary/aromatic N) is 2. The summed E-state index contributed by atoms with van der Waals surface area (Å²) in [6, 6.07) is -0.265. The average Bonchev–Trinajstić information content (AvgIpc) is 3.07. The van der Waals surface area contributed by atoms with Crippen LogP contribution in [0.5, 0.6) is 0 Å². The molecular formula is C15H32N4OS. The van der Waals surface area contributed by atoms with Crippen LogP contribution in [0.2, 0.25) is 0 Å². The number of allylic oxidation sites excluding steroid dienone is 3. The van der Waals surface area contributed by atoms with Gasteiger partial charge in [0.05, 0.1) is 6.20 Å². The fraction of sp³-hybridized carbons (Fsp3) is 0.533. The molecule has 0 bridgehead atoms. The predicted octanol–water partition coefficient (Wildman–Crippen LogP) is 5.46. The van der Waals surface area contributed by atoms with Gasteiger partial charge in [0.1, 0.15) is 5.00 Å². The minimum absolute atomic E-state index is 0. The number of hydrogen-bond donors (Lipinski definition) is 2. The van der Waals surface area contributed by atoms with Gasteiger partial charge in [0.2, 0.25) is 0 Å². The summed E-state index contributed by atoms with van der Waals surface area (Å²) in [5.41, 5.74) is 0.830. The summed E-state index contributed by atoms with van der Waals surface area (Å²) in [5, 5.41) is 9.62. The van der Waals surface area contributed by atoms with Gasteiger partial charge in [0.25, 0.3) is 0 Å². The number of amides is 2. The minimum Gasteiger partial charge on any atom is -0.308 e. The van der Waals surface area contributed by atoms with Crippen LogP contribution in [0.25, 0.3) is 0 Å². The topological polar surface area (TPSA) is 66.9 Å². The zero-order valence-electron chi connectivity index (χ0n) is 13.9. The fourth-order valence-corrected chi connectivity index (χ4v) is 1.62. The molecule has 5 nitrogen and oxygen atoms in total. The van der Waals surface area contributed by atoms with Crippen molar-refractivity contribution >= 4 is 22.6 Å². The van der Waals surface area contributed by atoms with Gasteiger partial charge in [-0.3, -0.25) is 5.32 Å². The van der Waals surface area contributed by atoms with E-state index in [2.05, 4.69) is 20.2 Å². The molecule has 124 valence electrons. The van der Waals surface area contributed by atoms with E-state index in [1.54, 1.807) is 0 Å².